The minimum absolute atomic E-state index is 0.0249. The molecule has 1 aliphatic carbocycles. The number of ether oxygens (including phenoxy) is 1. The number of Topliss-reactive ketones (excluding diaryl/α,β-unsaturated/α-hetero) is 1. The van der Waals surface area contributed by atoms with Crippen molar-refractivity contribution in [1.82, 2.24) is 5.16 Å². The summed E-state index contributed by atoms with van der Waals surface area (Å²) < 4.78 is 26.2. The number of ketones is 1. The lowest BCUT2D eigenvalue weighted by atomic mass is 9.70. The number of hydrogen-bond donors (Lipinski definition) is 0. The van der Waals surface area contributed by atoms with Gasteiger partial charge in [-0.2, -0.15) is 0 Å². The first-order chi connectivity index (χ1) is 14.4. The van der Waals surface area contributed by atoms with Crippen LogP contribution in [0.2, 0.25) is 0 Å². The molecule has 1 fully saturated rings. The Morgan fingerprint density at radius 2 is 1.87 bits per heavy atom. The number of hydrogen-bond acceptors (Lipinski definition) is 5. The second-order valence-corrected chi connectivity index (χ2v) is 8.69. The molecule has 2 aliphatic heterocycles. The van der Waals surface area contributed by atoms with Crippen molar-refractivity contribution in [1.29, 1.82) is 0 Å². The number of aromatic nitrogens is 1. The molecule has 5 atom stereocenters. The van der Waals surface area contributed by atoms with Gasteiger partial charge in [-0.05, 0) is 37.7 Å². The van der Waals surface area contributed by atoms with Crippen LogP contribution in [0.15, 0.2) is 46.2 Å². The molecule has 6 nitrogen and oxygen atoms in total. The fourth-order valence-corrected chi connectivity index (χ4v) is 4.96. The number of amides is 1. The topological polar surface area (TPSA) is 72.6 Å². The Morgan fingerprint density at radius 3 is 2.57 bits per heavy atom. The fourth-order valence-electron chi connectivity index (χ4n) is 4.96. The maximum Gasteiger partial charge on any atom is 0.295 e. The fraction of sp³-hybridized carbons (Fsp3) is 0.435. The minimum atomic E-state index is -0.929. The highest BCUT2D eigenvalue weighted by atomic mass is 19.1. The quantitative estimate of drug-likeness (QED) is 0.745. The van der Waals surface area contributed by atoms with Crippen molar-refractivity contribution in [3.63, 3.8) is 0 Å². The number of rotatable bonds is 2. The van der Waals surface area contributed by atoms with Crippen LogP contribution in [0.4, 0.5) is 10.2 Å². The Labute approximate surface area is 173 Å². The largest absolute Gasteiger partial charge is 0.483 e. The molecule has 1 amide bonds. The van der Waals surface area contributed by atoms with Crippen LogP contribution in [-0.2, 0) is 14.3 Å². The molecule has 156 valence electrons. The molecule has 30 heavy (non-hydrogen) atoms. The first-order valence-corrected chi connectivity index (χ1v) is 10.3. The summed E-state index contributed by atoms with van der Waals surface area (Å²) in [6.45, 7) is 5.99. The number of fused-ring (bicyclic) bond motifs is 1. The second kappa shape index (κ2) is 6.79. The van der Waals surface area contributed by atoms with Crippen LogP contribution in [0.3, 0.4) is 0 Å². The van der Waals surface area contributed by atoms with E-state index in [2.05, 4.69) is 19.0 Å². The number of carbonyl (C=O) groups is 2. The molecule has 1 aromatic carbocycles. The summed E-state index contributed by atoms with van der Waals surface area (Å²) in [6.07, 6.45) is 1.09. The van der Waals surface area contributed by atoms with Crippen molar-refractivity contribution in [3.8, 4) is 0 Å². The van der Waals surface area contributed by atoms with Crippen LogP contribution in [0.1, 0.15) is 44.1 Å². The zero-order valence-electron chi connectivity index (χ0n) is 17.1. The summed E-state index contributed by atoms with van der Waals surface area (Å²) >= 11 is 0. The van der Waals surface area contributed by atoms with Gasteiger partial charge in [0.2, 0.25) is 0 Å². The highest BCUT2D eigenvalue weighted by molar-refractivity contribution is 6.17. The van der Waals surface area contributed by atoms with Crippen LogP contribution in [-0.4, -0.2) is 23.0 Å². The van der Waals surface area contributed by atoms with E-state index in [4.69, 9.17) is 9.26 Å². The average molecular weight is 410 g/mol. The van der Waals surface area contributed by atoms with Crippen LogP contribution in [0, 0.1) is 30.5 Å². The van der Waals surface area contributed by atoms with Gasteiger partial charge >= 0.3 is 0 Å². The van der Waals surface area contributed by atoms with E-state index in [0.717, 1.165) is 6.42 Å². The molecule has 3 heterocycles. The third kappa shape index (κ3) is 2.71. The van der Waals surface area contributed by atoms with Crippen molar-refractivity contribution < 1.29 is 23.2 Å². The molecule has 7 heteroatoms. The maximum absolute atomic E-state index is 14.8. The summed E-state index contributed by atoms with van der Waals surface area (Å²) in [5.41, 5.74) is 0.470. The highest BCUT2D eigenvalue weighted by Crippen LogP contribution is 2.49. The van der Waals surface area contributed by atoms with E-state index in [1.165, 1.54) is 11.0 Å². The predicted molar refractivity (Wildman–Crippen MR) is 106 cm³/mol. The number of halogens is 1. The molecule has 2 aromatic rings. The second-order valence-electron chi connectivity index (χ2n) is 8.69. The Kier molecular flexibility index (Phi) is 4.31. The van der Waals surface area contributed by atoms with Crippen LogP contribution >= 0.6 is 0 Å². The monoisotopic (exact) mass is 410 g/mol. The van der Waals surface area contributed by atoms with Gasteiger partial charge in [-0.15, -0.1) is 0 Å². The van der Waals surface area contributed by atoms with Crippen molar-refractivity contribution >= 4 is 17.5 Å². The molecule has 0 radical (unpaired) electrons. The third-order valence-corrected chi connectivity index (χ3v) is 6.77. The van der Waals surface area contributed by atoms with E-state index in [0.29, 0.717) is 24.0 Å². The summed E-state index contributed by atoms with van der Waals surface area (Å²) in [5.74, 6) is 0.130. The maximum atomic E-state index is 14.8. The lowest BCUT2D eigenvalue weighted by Crippen LogP contribution is -2.43. The van der Waals surface area contributed by atoms with Crippen molar-refractivity contribution in [2.75, 3.05) is 4.90 Å². The zero-order valence-corrected chi connectivity index (χ0v) is 17.1. The molecule has 0 saturated heterocycles. The molecule has 1 saturated carbocycles. The van der Waals surface area contributed by atoms with Gasteiger partial charge < -0.3 is 9.26 Å². The molecule has 1 aromatic heterocycles. The molecule has 0 bridgehead atoms. The van der Waals surface area contributed by atoms with E-state index in [1.54, 1.807) is 31.2 Å². The Balaban J connectivity index is 1.66. The number of carbonyl (C=O) groups excluding carboxylic acids is 2. The summed E-state index contributed by atoms with van der Waals surface area (Å²) in [6, 6.07) is 6.86. The van der Waals surface area contributed by atoms with E-state index in [-0.39, 0.29) is 40.5 Å². The number of anilines is 1. The van der Waals surface area contributed by atoms with Gasteiger partial charge in [0.05, 0.1) is 17.5 Å². The standard InChI is InChI=1S/C23H23FN2O4/c1-11-8-15-17(9-12(11)2)29-22-19(21(15)27)20(14-6-4-5-7-16(14)24)26(23(22)28)18-10-13(3)30-25-18/h4-7,10-12,15,17,20H,8-9H2,1-3H3. The Morgan fingerprint density at radius 1 is 1.13 bits per heavy atom. The van der Waals surface area contributed by atoms with Gasteiger partial charge in [0.25, 0.3) is 5.91 Å². The third-order valence-electron chi connectivity index (χ3n) is 6.77. The highest BCUT2D eigenvalue weighted by Gasteiger charge is 2.54. The number of benzene rings is 1. The van der Waals surface area contributed by atoms with Crippen molar-refractivity contribution in [2.24, 2.45) is 17.8 Å². The van der Waals surface area contributed by atoms with Gasteiger partial charge in [-0.25, -0.2) is 4.39 Å². The Hall–Kier alpha value is -2.96. The Bertz CT molecular complexity index is 1070. The van der Waals surface area contributed by atoms with Crippen LogP contribution < -0.4 is 4.90 Å². The SMILES string of the molecule is Cc1cc(N2C(=O)C3=C(C(=O)C4CC(C)C(C)CC4O3)C2c2ccccc2F)no1. The molecular weight excluding hydrogens is 387 g/mol. The zero-order chi connectivity index (χ0) is 21.2. The van der Waals surface area contributed by atoms with E-state index < -0.39 is 17.8 Å². The van der Waals surface area contributed by atoms with E-state index in [1.807, 2.05) is 0 Å². The summed E-state index contributed by atoms with van der Waals surface area (Å²) in [7, 11) is 0. The van der Waals surface area contributed by atoms with E-state index in [9.17, 15) is 14.0 Å². The summed E-state index contributed by atoms with van der Waals surface area (Å²) in [5, 5.41) is 3.97. The van der Waals surface area contributed by atoms with Crippen LogP contribution in [0.25, 0.3) is 0 Å². The average Bonchev–Trinajstić information content (AvgIpc) is 3.25. The minimum Gasteiger partial charge on any atom is -0.483 e. The van der Waals surface area contributed by atoms with Gasteiger partial charge in [-0.1, -0.05) is 37.2 Å². The first-order valence-electron chi connectivity index (χ1n) is 10.3. The lowest BCUT2D eigenvalue weighted by molar-refractivity contribution is -0.134. The number of nitrogens with zero attached hydrogens (tertiary/aromatic N) is 2. The van der Waals surface area contributed by atoms with Gasteiger partial charge in [-0.3, -0.25) is 14.5 Å². The molecule has 5 unspecified atom stereocenters. The molecule has 0 N–H and O–H groups in total. The molecular formula is C23H23FN2O4. The van der Waals surface area contributed by atoms with Crippen molar-refractivity contribution in [2.45, 2.75) is 45.8 Å². The van der Waals surface area contributed by atoms with Gasteiger partial charge in [0, 0.05) is 11.6 Å². The normalized spacial score (nSPS) is 30.9. The van der Waals surface area contributed by atoms with Crippen LogP contribution in [0.5, 0.6) is 0 Å². The smallest absolute Gasteiger partial charge is 0.295 e. The molecule has 3 aliphatic rings. The van der Waals surface area contributed by atoms with E-state index >= 15 is 0 Å². The first kappa shape index (κ1) is 19.0. The van der Waals surface area contributed by atoms with Gasteiger partial charge in [0.15, 0.2) is 17.4 Å². The molecule has 0 spiro atoms. The number of aryl methyl sites for hydroxylation is 1. The molecule has 5 rings (SSSR count). The lowest BCUT2D eigenvalue weighted by Gasteiger charge is -2.40. The van der Waals surface area contributed by atoms with Crippen molar-refractivity contribution in [3.05, 3.63) is 58.8 Å². The van der Waals surface area contributed by atoms with Gasteiger partial charge in [0.1, 0.15) is 17.7 Å². The predicted octanol–water partition coefficient (Wildman–Crippen LogP) is 4.11. The summed E-state index contributed by atoms with van der Waals surface area (Å²) in [4.78, 5) is 28.4.